The summed E-state index contributed by atoms with van der Waals surface area (Å²) < 4.78 is 5.73. The number of benzene rings is 1. The Morgan fingerprint density at radius 2 is 1.71 bits per heavy atom. The molecule has 1 aromatic carbocycles. The Balaban J connectivity index is 2.17. The van der Waals surface area contributed by atoms with Crippen LogP contribution in [0.15, 0.2) is 34.7 Å². The van der Waals surface area contributed by atoms with Gasteiger partial charge in [0.25, 0.3) is 0 Å². The number of carbonyl (C=O) groups excluding carboxylic acids is 1. The molecule has 0 saturated heterocycles. The highest BCUT2D eigenvalue weighted by Gasteiger charge is 2.22. The van der Waals surface area contributed by atoms with Gasteiger partial charge in [-0.05, 0) is 25.7 Å². The van der Waals surface area contributed by atoms with Crippen molar-refractivity contribution in [2.45, 2.75) is 25.7 Å². The summed E-state index contributed by atoms with van der Waals surface area (Å²) in [5, 5.41) is 0. The average molecular weight is 226 g/mol. The van der Waals surface area contributed by atoms with Crippen molar-refractivity contribution in [1.29, 1.82) is 0 Å². The highest BCUT2D eigenvalue weighted by molar-refractivity contribution is 5.78. The number of rotatable bonds is 2. The zero-order chi connectivity index (χ0) is 11.7. The van der Waals surface area contributed by atoms with Crippen LogP contribution in [0.25, 0.3) is 11.3 Å². The smallest absolute Gasteiger partial charge is 0.185 e. The second kappa shape index (κ2) is 4.21. The molecule has 2 aromatic rings. The molecule has 1 heterocycles. The van der Waals surface area contributed by atoms with Crippen molar-refractivity contribution < 1.29 is 9.21 Å². The fraction of sp³-hybridized carbons (Fsp3) is 0.267. The van der Waals surface area contributed by atoms with Crippen LogP contribution >= 0.6 is 0 Å². The molecule has 17 heavy (non-hydrogen) atoms. The lowest BCUT2D eigenvalue weighted by Gasteiger charge is -2.11. The first-order valence-corrected chi connectivity index (χ1v) is 6.05. The molecule has 0 aliphatic heterocycles. The standard InChI is InChI=1S/C15H14O2/c16-10-14-12-8-4-5-9-13(12)15(17-14)11-6-2-1-3-7-11/h1-3,6-7,10H,4-5,8-9H2. The minimum Gasteiger partial charge on any atom is -0.453 e. The van der Waals surface area contributed by atoms with Crippen LogP contribution in [0.3, 0.4) is 0 Å². The van der Waals surface area contributed by atoms with E-state index in [0.29, 0.717) is 5.76 Å². The molecule has 0 N–H and O–H groups in total. The van der Waals surface area contributed by atoms with E-state index in [2.05, 4.69) is 0 Å². The summed E-state index contributed by atoms with van der Waals surface area (Å²) in [5.74, 6) is 1.42. The molecule has 86 valence electrons. The Labute approximate surface area is 100 Å². The second-order valence-corrected chi connectivity index (χ2v) is 4.44. The third-order valence-electron chi connectivity index (χ3n) is 3.39. The molecule has 1 aliphatic rings. The molecule has 0 spiro atoms. The molecule has 0 atom stereocenters. The van der Waals surface area contributed by atoms with Crippen LogP contribution in [0.2, 0.25) is 0 Å². The van der Waals surface area contributed by atoms with Crippen LogP contribution < -0.4 is 0 Å². The molecule has 3 rings (SSSR count). The number of aldehydes is 1. The SMILES string of the molecule is O=Cc1oc(-c2ccccc2)c2c1CCCC2. The zero-order valence-electron chi connectivity index (χ0n) is 9.61. The predicted octanol–water partition coefficient (Wildman–Crippen LogP) is 3.64. The molecule has 0 amide bonds. The summed E-state index contributed by atoms with van der Waals surface area (Å²) in [4.78, 5) is 11.0. The molecule has 1 aromatic heterocycles. The third kappa shape index (κ3) is 1.70. The lowest BCUT2D eigenvalue weighted by Crippen LogP contribution is -2.02. The predicted molar refractivity (Wildman–Crippen MR) is 66.2 cm³/mol. The van der Waals surface area contributed by atoms with Gasteiger partial charge in [0.05, 0.1) is 0 Å². The molecule has 0 fully saturated rings. The van der Waals surface area contributed by atoms with Crippen LogP contribution in [0.1, 0.15) is 34.5 Å². The fourth-order valence-electron chi connectivity index (χ4n) is 2.58. The van der Waals surface area contributed by atoms with Gasteiger partial charge in [-0.25, -0.2) is 0 Å². The summed E-state index contributed by atoms with van der Waals surface area (Å²) in [6, 6.07) is 10.0. The Morgan fingerprint density at radius 1 is 1.00 bits per heavy atom. The molecule has 0 bridgehead atoms. The minimum atomic E-state index is 0.526. The summed E-state index contributed by atoms with van der Waals surface area (Å²) >= 11 is 0. The van der Waals surface area contributed by atoms with Gasteiger partial charge in [-0.2, -0.15) is 0 Å². The van der Waals surface area contributed by atoms with Crippen molar-refractivity contribution in [1.82, 2.24) is 0 Å². The van der Waals surface area contributed by atoms with Gasteiger partial charge in [-0.15, -0.1) is 0 Å². The van der Waals surface area contributed by atoms with E-state index in [1.165, 1.54) is 12.0 Å². The number of fused-ring (bicyclic) bond motifs is 1. The zero-order valence-corrected chi connectivity index (χ0v) is 9.61. The maximum atomic E-state index is 11.0. The normalized spacial score (nSPS) is 14.4. The van der Waals surface area contributed by atoms with E-state index < -0.39 is 0 Å². The largest absolute Gasteiger partial charge is 0.453 e. The van der Waals surface area contributed by atoms with E-state index in [4.69, 9.17) is 4.42 Å². The van der Waals surface area contributed by atoms with Crippen LogP contribution in [0.4, 0.5) is 0 Å². The summed E-state index contributed by atoms with van der Waals surface area (Å²) in [5.41, 5.74) is 3.44. The van der Waals surface area contributed by atoms with Gasteiger partial charge < -0.3 is 4.42 Å². The molecule has 0 unspecified atom stereocenters. The van der Waals surface area contributed by atoms with Crippen molar-refractivity contribution in [2.24, 2.45) is 0 Å². The minimum absolute atomic E-state index is 0.526. The summed E-state index contributed by atoms with van der Waals surface area (Å²) in [6.45, 7) is 0. The van der Waals surface area contributed by atoms with Gasteiger partial charge >= 0.3 is 0 Å². The lowest BCUT2D eigenvalue weighted by atomic mass is 9.91. The fourth-order valence-corrected chi connectivity index (χ4v) is 2.58. The van der Waals surface area contributed by atoms with E-state index in [9.17, 15) is 4.79 Å². The Hall–Kier alpha value is -1.83. The van der Waals surface area contributed by atoms with E-state index in [0.717, 1.165) is 42.4 Å². The highest BCUT2D eigenvalue weighted by atomic mass is 16.3. The van der Waals surface area contributed by atoms with Gasteiger partial charge in [0.2, 0.25) is 0 Å². The maximum absolute atomic E-state index is 11.0. The van der Waals surface area contributed by atoms with E-state index in [-0.39, 0.29) is 0 Å². The van der Waals surface area contributed by atoms with Gasteiger partial charge in [-0.1, -0.05) is 30.3 Å². The molecule has 2 heteroatoms. The van der Waals surface area contributed by atoms with Gasteiger partial charge in [0.15, 0.2) is 12.0 Å². The van der Waals surface area contributed by atoms with Crippen LogP contribution in [0.5, 0.6) is 0 Å². The Morgan fingerprint density at radius 3 is 2.41 bits per heavy atom. The van der Waals surface area contributed by atoms with E-state index >= 15 is 0 Å². The Kier molecular flexibility index (Phi) is 2.56. The van der Waals surface area contributed by atoms with Crippen LogP contribution in [-0.4, -0.2) is 6.29 Å². The van der Waals surface area contributed by atoms with Crippen LogP contribution in [-0.2, 0) is 12.8 Å². The molecule has 2 nitrogen and oxygen atoms in total. The molecular formula is C15H14O2. The van der Waals surface area contributed by atoms with Gasteiger partial charge in [0.1, 0.15) is 5.76 Å². The summed E-state index contributed by atoms with van der Waals surface area (Å²) in [6.07, 6.45) is 5.18. The maximum Gasteiger partial charge on any atom is 0.185 e. The summed E-state index contributed by atoms with van der Waals surface area (Å²) in [7, 11) is 0. The van der Waals surface area contributed by atoms with Crippen LogP contribution in [0, 0.1) is 0 Å². The number of carbonyl (C=O) groups is 1. The van der Waals surface area contributed by atoms with E-state index in [1.807, 2.05) is 30.3 Å². The lowest BCUT2D eigenvalue weighted by molar-refractivity contribution is 0.110. The van der Waals surface area contributed by atoms with Gasteiger partial charge in [0, 0.05) is 16.7 Å². The highest BCUT2D eigenvalue weighted by Crippen LogP contribution is 2.35. The monoisotopic (exact) mass is 226 g/mol. The first-order valence-electron chi connectivity index (χ1n) is 6.05. The topological polar surface area (TPSA) is 30.2 Å². The Bertz CT molecular complexity index is 538. The molecular weight excluding hydrogens is 212 g/mol. The second-order valence-electron chi connectivity index (χ2n) is 4.44. The van der Waals surface area contributed by atoms with Crippen molar-refractivity contribution in [2.75, 3.05) is 0 Å². The molecule has 1 aliphatic carbocycles. The first kappa shape index (κ1) is 10.3. The molecule has 0 saturated carbocycles. The van der Waals surface area contributed by atoms with Crippen molar-refractivity contribution in [3.05, 3.63) is 47.2 Å². The van der Waals surface area contributed by atoms with E-state index in [1.54, 1.807) is 0 Å². The number of hydrogen-bond acceptors (Lipinski definition) is 2. The van der Waals surface area contributed by atoms with Crippen molar-refractivity contribution in [3.8, 4) is 11.3 Å². The number of hydrogen-bond donors (Lipinski definition) is 0. The van der Waals surface area contributed by atoms with Gasteiger partial charge in [-0.3, -0.25) is 4.79 Å². The average Bonchev–Trinajstić information content (AvgIpc) is 2.78. The first-order chi connectivity index (χ1) is 8.40. The van der Waals surface area contributed by atoms with Crippen molar-refractivity contribution in [3.63, 3.8) is 0 Å². The molecule has 0 radical (unpaired) electrons. The number of furan rings is 1. The quantitative estimate of drug-likeness (QED) is 0.732. The van der Waals surface area contributed by atoms with Crippen molar-refractivity contribution >= 4 is 6.29 Å². The third-order valence-corrected chi connectivity index (χ3v) is 3.39.